The van der Waals surface area contributed by atoms with Crippen molar-refractivity contribution in [2.24, 2.45) is 5.92 Å². The van der Waals surface area contributed by atoms with Crippen LogP contribution in [0.1, 0.15) is 72.4 Å². The molecule has 11 nitrogen and oxygen atoms in total. The summed E-state index contributed by atoms with van der Waals surface area (Å²) >= 11 is 6.76. The molecule has 8 atom stereocenters. The standard InChI is InChI=1S/C36H52ClN3O8/c1-20-13-12-14-27(45-11)36(44)19-26(46-33(43)38-36)22(3)31-35(8,48-31)28(47-32(42)23(4)40(10)34(5,6)7)18-29(41)39(9)25-17-24(15-20)16-21(2)30(25)37/h12-14,16-17,22-23,26-28,31,44H,15,18-19H2,1-11H3,(H,38,43)/b14-12+,20-13+/t22-,23+,26+,27-,28+,31?,35?,36+/m1/s1. The topological polar surface area (TPSA) is 130 Å². The summed E-state index contributed by atoms with van der Waals surface area (Å²) in [5.74, 6) is -1.26. The predicted octanol–water partition coefficient (Wildman–Crippen LogP) is 5.09. The minimum Gasteiger partial charge on any atom is -0.457 e. The number of hydrogen-bond acceptors (Lipinski definition) is 9. The third-order valence-electron chi connectivity index (χ3n) is 10.2. The van der Waals surface area contributed by atoms with Crippen molar-refractivity contribution in [3.8, 4) is 0 Å². The van der Waals surface area contributed by atoms with E-state index in [0.717, 1.165) is 16.7 Å². The number of alkyl carbamates (subject to hydrolysis) is 1. The molecule has 2 N–H and O–H groups in total. The summed E-state index contributed by atoms with van der Waals surface area (Å²) in [4.78, 5) is 43.9. The molecule has 12 heteroatoms. The molecule has 2 amide bonds. The van der Waals surface area contributed by atoms with E-state index in [1.165, 1.54) is 12.0 Å². The van der Waals surface area contributed by atoms with Crippen molar-refractivity contribution in [2.45, 2.75) is 122 Å². The van der Waals surface area contributed by atoms with Gasteiger partial charge in [-0.05, 0) is 79.1 Å². The van der Waals surface area contributed by atoms with Gasteiger partial charge in [0.2, 0.25) is 5.91 Å². The van der Waals surface area contributed by atoms with Crippen LogP contribution in [0, 0.1) is 12.8 Å². The molecular formula is C36H52ClN3O8. The second-order valence-electron chi connectivity index (χ2n) is 14.8. The molecule has 3 aliphatic heterocycles. The number of halogens is 1. The number of ether oxygens (including phenoxy) is 4. The first-order valence-electron chi connectivity index (χ1n) is 16.5. The fourth-order valence-corrected chi connectivity index (χ4v) is 6.86. The van der Waals surface area contributed by atoms with Gasteiger partial charge in [-0.2, -0.15) is 0 Å². The molecule has 0 radical (unpaired) electrons. The Kier molecular flexibility index (Phi) is 11.1. The number of epoxide rings is 1. The molecule has 4 bridgehead atoms. The van der Waals surface area contributed by atoms with E-state index in [-0.39, 0.29) is 24.3 Å². The number of hydrogen-bond donors (Lipinski definition) is 2. The van der Waals surface area contributed by atoms with Gasteiger partial charge in [-0.15, -0.1) is 0 Å². The summed E-state index contributed by atoms with van der Waals surface area (Å²) in [5.41, 5.74) is 0.131. The number of rotatable bonds is 4. The van der Waals surface area contributed by atoms with Gasteiger partial charge in [-0.25, -0.2) is 4.79 Å². The number of amides is 2. The predicted molar refractivity (Wildman–Crippen MR) is 184 cm³/mol. The Morgan fingerprint density at radius 2 is 1.92 bits per heavy atom. The van der Waals surface area contributed by atoms with Gasteiger partial charge in [-0.1, -0.05) is 48.4 Å². The highest BCUT2D eigenvalue weighted by atomic mass is 35.5. The Morgan fingerprint density at radius 3 is 2.54 bits per heavy atom. The van der Waals surface area contributed by atoms with Crippen LogP contribution in [0.15, 0.2) is 35.9 Å². The van der Waals surface area contributed by atoms with Gasteiger partial charge in [0.05, 0.1) is 23.2 Å². The SMILES string of the molecule is CO[C@@H]1/C=C/C=C(\C)Cc2cc(C)c(Cl)c(c2)N(C)C(=O)C[C@H](OC(=O)[C@H](C)N(C)C(C)(C)C)C2(C)OC2[C@H](C)[C@@H]2C[C@@]1(O)NC(=O)O2. The lowest BCUT2D eigenvalue weighted by atomic mass is 9.83. The molecule has 2 unspecified atom stereocenters. The highest BCUT2D eigenvalue weighted by molar-refractivity contribution is 6.34. The number of nitrogens with one attached hydrogen (secondary N) is 1. The maximum absolute atomic E-state index is 14.0. The van der Waals surface area contributed by atoms with Gasteiger partial charge in [0.1, 0.15) is 30.0 Å². The molecule has 1 aromatic rings. The molecule has 266 valence electrons. The summed E-state index contributed by atoms with van der Waals surface area (Å²) in [6.45, 7) is 15.3. The number of carbonyl (C=O) groups is 3. The van der Waals surface area contributed by atoms with E-state index in [1.54, 1.807) is 33.0 Å². The first-order valence-corrected chi connectivity index (χ1v) is 16.8. The van der Waals surface area contributed by atoms with Gasteiger partial charge in [0.25, 0.3) is 0 Å². The number of aliphatic hydroxyl groups is 1. The Balaban J connectivity index is 1.78. The van der Waals surface area contributed by atoms with E-state index in [2.05, 4.69) is 5.32 Å². The zero-order valence-electron chi connectivity index (χ0n) is 30.0. The summed E-state index contributed by atoms with van der Waals surface area (Å²) in [6, 6.07) is 3.26. The van der Waals surface area contributed by atoms with Crippen LogP contribution in [0.25, 0.3) is 0 Å². The number of allylic oxidation sites excluding steroid dienone is 3. The quantitative estimate of drug-likeness (QED) is 0.328. The highest BCUT2D eigenvalue weighted by Crippen LogP contribution is 2.49. The van der Waals surface area contributed by atoms with Gasteiger partial charge < -0.3 is 29.0 Å². The Hall–Kier alpha value is -2.96. The zero-order valence-corrected chi connectivity index (χ0v) is 30.8. The van der Waals surface area contributed by atoms with Crippen molar-refractivity contribution in [2.75, 3.05) is 26.1 Å². The molecule has 2 fully saturated rings. The minimum absolute atomic E-state index is 0.00450. The maximum atomic E-state index is 14.0. The molecule has 3 aliphatic rings. The third kappa shape index (κ3) is 7.91. The van der Waals surface area contributed by atoms with Crippen LogP contribution in [-0.2, 0) is 35.0 Å². The van der Waals surface area contributed by atoms with Crippen molar-refractivity contribution in [3.05, 3.63) is 52.1 Å². The normalized spacial score (nSPS) is 33.9. The fourth-order valence-electron chi connectivity index (χ4n) is 6.62. The number of nitrogens with zero attached hydrogens (tertiary/aromatic N) is 2. The summed E-state index contributed by atoms with van der Waals surface area (Å²) in [5, 5.41) is 14.7. The molecule has 3 heterocycles. The summed E-state index contributed by atoms with van der Waals surface area (Å²) < 4.78 is 23.8. The summed E-state index contributed by atoms with van der Waals surface area (Å²) in [6.07, 6.45) is 1.77. The number of methoxy groups -OCH3 is 1. The number of benzene rings is 1. The molecule has 0 aliphatic carbocycles. The van der Waals surface area contributed by atoms with Crippen LogP contribution in [-0.4, -0.2) is 96.5 Å². The highest BCUT2D eigenvalue weighted by Gasteiger charge is 2.64. The van der Waals surface area contributed by atoms with Crippen molar-refractivity contribution >= 4 is 35.3 Å². The largest absolute Gasteiger partial charge is 0.457 e. The number of esters is 1. The van der Waals surface area contributed by atoms with Gasteiger partial charge >= 0.3 is 12.1 Å². The van der Waals surface area contributed by atoms with Crippen LogP contribution < -0.4 is 10.2 Å². The molecule has 1 aromatic carbocycles. The van der Waals surface area contributed by atoms with Crippen molar-refractivity contribution in [1.29, 1.82) is 0 Å². The van der Waals surface area contributed by atoms with E-state index in [4.69, 9.17) is 30.5 Å². The number of aryl methyl sites for hydroxylation is 1. The molecule has 0 saturated carbocycles. The first-order chi connectivity index (χ1) is 22.2. The van der Waals surface area contributed by atoms with Gasteiger partial charge in [-0.3, -0.25) is 19.8 Å². The van der Waals surface area contributed by atoms with E-state index in [0.29, 0.717) is 17.1 Å². The molecule has 2 saturated heterocycles. The van der Waals surface area contributed by atoms with Crippen molar-refractivity contribution in [1.82, 2.24) is 10.2 Å². The van der Waals surface area contributed by atoms with E-state index in [1.807, 2.05) is 71.7 Å². The van der Waals surface area contributed by atoms with Crippen molar-refractivity contribution in [3.63, 3.8) is 0 Å². The Labute approximate surface area is 289 Å². The Morgan fingerprint density at radius 1 is 1.25 bits per heavy atom. The second-order valence-corrected chi connectivity index (χ2v) is 15.2. The lowest BCUT2D eigenvalue weighted by Crippen LogP contribution is -2.63. The number of likely N-dealkylation sites (N-methyl/N-ethyl adjacent to an activating group) is 1. The van der Waals surface area contributed by atoms with Crippen LogP contribution >= 0.6 is 11.6 Å². The average Bonchev–Trinajstić information content (AvgIpc) is 3.69. The van der Waals surface area contributed by atoms with E-state index < -0.39 is 59.8 Å². The molecular weight excluding hydrogens is 638 g/mol. The van der Waals surface area contributed by atoms with E-state index >= 15 is 0 Å². The summed E-state index contributed by atoms with van der Waals surface area (Å²) in [7, 11) is 4.97. The average molecular weight is 690 g/mol. The van der Waals surface area contributed by atoms with Gasteiger partial charge in [0.15, 0.2) is 5.72 Å². The van der Waals surface area contributed by atoms with Crippen molar-refractivity contribution < 1.29 is 38.4 Å². The van der Waals surface area contributed by atoms with Gasteiger partial charge in [0, 0.05) is 32.0 Å². The molecule has 4 rings (SSSR count). The lowest BCUT2D eigenvalue weighted by molar-refractivity contribution is -0.160. The van der Waals surface area contributed by atoms with Crippen LogP contribution in [0.4, 0.5) is 10.5 Å². The monoisotopic (exact) mass is 689 g/mol. The lowest BCUT2D eigenvalue weighted by Gasteiger charge is -2.42. The first kappa shape index (κ1) is 37.9. The maximum Gasteiger partial charge on any atom is 0.409 e. The molecule has 0 aromatic heterocycles. The Bertz CT molecular complexity index is 1470. The fraction of sp³-hybridized carbons (Fsp3) is 0.639. The van der Waals surface area contributed by atoms with Crippen LogP contribution in [0.3, 0.4) is 0 Å². The molecule has 48 heavy (non-hydrogen) atoms. The second kappa shape index (κ2) is 14.1. The molecule has 0 spiro atoms. The number of fused-ring (bicyclic) bond motifs is 5. The number of carbonyl (C=O) groups excluding carboxylic acids is 3. The third-order valence-corrected chi connectivity index (χ3v) is 10.7. The zero-order chi connectivity index (χ0) is 35.9. The smallest absolute Gasteiger partial charge is 0.409 e. The van der Waals surface area contributed by atoms with E-state index in [9.17, 15) is 19.5 Å². The number of anilines is 1. The minimum atomic E-state index is -1.77. The van der Waals surface area contributed by atoms with Crippen LogP contribution in [0.2, 0.25) is 5.02 Å². The van der Waals surface area contributed by atoms with Crippen LogP contribution in [0.5, 0.6) is 0 Å².